The van der Waals surface area contributed by atoms with Crippen LogP contribution in [0.1, 0.15) is 28.6 Å². The molecule has 3 aromatic rings. The molecule has 0 bridgehead atoms. The fourth-order valence-electron chi connectivity index (χ4n) is 3.07. The molecule has 0 saturated carbocycles. The first-order valence-corrected chi connectivity index (χ1v) is 10.2. The van der Waals surface area contributed by atoms with Gasteiger partial charge in [0.15, 0.2) is 0 Å². The highest BCUT2D eigenvalue weighted by atomic mass is 35.5. The van der Waals surface area contributed by atoms with Gasteiger partial charge in [-0.3, -0.25) is 4.79 Å². The van der Waals surface area contributed by atoms with E-state index in [2.05, 4.69) is 20.9 Å². The predicted octanol–water partition coefficient (Wildman–Crippen LogP) is 4.25. The molecule has 28 heavy (non-hydrogen) atoms. The molecule has 2 heterocycles. The quantitative estimate of drug-likeness (QED) is 0.671. The van der Waals surface area contributed by atoms with Gasteiger partial charge in [-0.2, -0.15) is 0 Å². The highest BCUT2D eigenvalue weighted by Gasteiger charge is 2.37. The van der Waals surface area contributed by atoms with Crippen LogP contribution in [0.3, 0.4) is 0 Å². The lowest BCUT2D eigenvalue weighted by Crippen LogP contribution is -2.41. The predicted molar refractivity (Wildman–Crippen MR) is 113 cm³/mol. The third-order valence-electron chi connectivity index (χ3n) is 4.73. The van der Waals surface area contributed by atoms with Gasteiger partial charge in [0.05, 0.1) is 6.04 Å². The number of aromatic nitrogens is 3. The van der Waals surface area contributed by atoms with Crippen molar-refractivity contribution < 1.29 is 4.79 Å². The monoisotopic (exact) mass is 413 g/mol. The molecule has 0 spiro atoms. The van der Waals surface area contributed by atoms with Crippen molar-refractivity contribution >= 4 is 35.0 Å². The van der Waals surface area contributed by atoms with Gasteiger partial charge in [-0.25, -0.2) is 4.68 Å². The van der Waals surface area contributed by atoms with Crippen LogP contribution in [0, 0.1) is 20.8 Å². The number of nitrogens with zero attached hydrogens (tertiary/aromatic N) is 3. The summed E-state index contributed by atoms with van der Waals surface area (Å²) in [5.41, 5.74) is 7.24. The molecule has 0 fully saturated rings. The van der Waals surface area contributed by atoms with Gasteiger partial charge in [0.25, 0.3) is 0 Å². The average Bonchev–Trinajstić information content (AvgIpc) is 3.04. The summed E-state index contributed by atoms with van der Waals surface area (Å²) in [6.07, 6.45) is 0. The second-order valence-corrected chi connectivity index (χ2v) is 8.39. The molecule has 0 saturated heterocycles. The Morgan fingerprint density at radius 1 is 1.14 bits per heavy atom. The summed E-state index contributed by atoms with van der Waals surface area (Å²) in [5.74, 6) is 0.638. The van der Waals surface area contributed by atoms with Gasteiger partial charge in [-0.05, 0) is 44.0 Å². The zero-order chi connectivity index (χ0) is 19.8. The van der Waals surface area contributed by atoms with Gasteiger partial charge >= 0.3 is 0 Å². The van der Waals surface area contributed by atoms with E-state index in [9.17, 15) is 4.79 Å². The molecule has 0 unspecified atom stereocenters. The summed E-state index contributed by atoms with van der Waals surface area (Å²) in [6.45, 7) is 5.85. The standard InChI is InChI=1S/C20H20ClN5OS/c1-11-4-7-14(8-5-11)17-18(28-20-24-23-13(3)26(20)25-17)19(27)22-15-9-6-12(2)16(21)10-15/h4-10,17-18,25H,1-3H3,(H,22,27)/t17-,18-/m1/s1. The molecule has 4 rings (SSSR count). The molecule has 1 aliphatic rings. The van der Waals surface area contributed by atoms with Crippen molar-refractivity contribution in [2.24, 2.45) is 0 Å². The number of fused-ring (bicyclic) bond motifs is 1. The zero-order valence-corrected chi connectivity index (χ0v) is 17.3. The van der Waals surface area contributed by atoms with Crippen LogP contribution in [0.15, 0.2) is 47.6 Å². The lowest BCUT2D eigenvalue weighted by Gasteiger charge is -2.32. The van der Waals surface area contributed by atoms with Crippen LogP contribution in [0.4, 0.5) is 5.69 Å². The topological polar surface area (TPSA) is 71.8 Å². The van der Waals surface area contributed by atoms with Crippen LogP contribution in [-0.2, 0) is 4.79 Å². The number of nitrogens with one attached hydrogen (secondary N) is 2. The number of hydrogen-bond acceptors (Lipinski definition) is 5. The number of benzene rings is 2. The van der Waals surface area contributed by atoms with E-state index in [1.54, 1.807) is 6.07 Å². The molecule has 0 aliphatic carbocycles. The molecule has 1 amide bonds. The number of anilines is 1. The molecule has 1 aromatic heterocycles. The lowest BCUT2D eigenvalue weighted by molar-refractivity contribution is -0.116. The Bertz CT molecular complexity index is 1030. The molecular formula is C20H20ClN5OS. The minimum absolute atomic E-state index is 0.116. The summed E-state index contributed by atoms with van der Waals surface area (Å²) < 4.78 is 1.84. The SMILES string of the molecule is Cc1ccc([C@H]2Nn3c(C)nnc3S[C@H]2C(=O)Nc2ccc(C)c(Cl)c2)cc1. The maximum absolute atomic E-state index is 13.2. The fraction of sp³-hybridized carbons (Fsp3) is 0.250. The molecule has 144 valence electrons. The van der Waals surface area contributed by atoms with E-state index >= 15 is 0 Å². The fourth-order valence-corrected chi connectivity index (χ4v) is 4.37. The molecule has 8 heteroatoms. The number of hydrogen-bond donors (Lipinski definition) is 2. The Hall–Kier alpha value is -2.51. The molecular weight excluding hydrogens is 394 g/mol. The molecule has 2 N–H and O–H groups in total. The van der Waals surface area contributed by atoms with Crippen molar-refractivity contribution in [1.29, 1.82) is 0 Å². The molecule has 0 radical (unpaired) electrons. The van der Waals surface area contributed by atoms with E-state index < -0.39 is 5.25 Å². The number of rotatable bonds is 3. The van der Waals surface area contributed by atoms with Gasteiger partial charge in [-0.15, -0.1) is 10.2 Å². The van der Waals surface area contributed by atoms with E-state index in [0.717, 1.165) is 17.0 Å². The maximum Gasteiger partial charge on any atom is 0.240 e. The minimum Gasteiger partial charge on any atom is -0.325 e. The average molecular weight is 414 g/mol. The van der Waals surface area contributed by atoms with Crippen molar-refractivity contribution in [2.45, 2.75) is 37.2 Å². The van der Waals surface area contributed by atoms with Crippen LogP contribution in [0.5, 0.6) is 0 Å². The Kier molecular flexibility index (Phi) is 5.03. The molecule has 2 atom stereocenters. The third-order valence-corrected chi connectivity index (χ3v) is 6.36. The number of amides is 1. The number of carbonyl (C=O) groups excluding carboxylic acids is 1. The molecule has 1 aliphatic heterocycles. The Morgan fingerprint density at radius 3 is 2.61 bits per heavy atom. The first-order valence-electron chi connectivity index (χ1n) is 8.91. The largest absolute Gasteiger partial charge is 0.325 e. The van der Waals surface area contributed by atoms with Gasteiger partial charge in [0.2, 0.25) is 11.1 Å². The minimum atomic E-state index is -0.418. The molecule has 2 aromatic carbocycles. The second kappa shape index (κ2) is 7.48. The third kappa shape index (κ3) is 3.59. The van der Waals surface area contributed by atoms with E-state index in [-0.39, 0.29) is 11.9 Å². The lowest BCUT2D eigenvalue weighted by atomic mass is 10.0. The van der Waals surface area contributed by atoms with Gasteiger partial charge in [0.1, 0.15) is 11.1 Å². The smallest absolute Gasteiger partial charge is 0.240 e. The van der Waals surface area contributed by atoms with E-state index in [4.69, 9.17) is 11.6 Å². The van der Waals surface area contributed by atoms with Gasteiger partial charge < -0.3 is 10.7 Å². The Morgan fingerprint density at radius 2 is 1.89 bits per heavy atom. The van der Waals surface area contributed by atoms with Crippen molar-refractivity contribution in [3.8, 4) is 0 Å². The number of halogens is 1. The first-order chi connectivity index (χ1) is 13.4. The summed E-state index contributed by atoms with van der Waals surface area (Å²) in [6, 6.07) is 13.5. The van der Waals surface area contributed by atoms with Crippen molar-refractivity contribution in [3.63, 3.8) is 0 Å². The van der Waals surface area contributed by atoms with Crippen LogP contribution in [-0.4, -0.2) is 26.0 Å². The summed E-state index contributed by atoms with van der Waals surface area (Å²) >= 11 is 7.60. The Balaban J connectivity index is 1.65. The van der Waals surface area contributed by atoms with Gasteiger partial charge in [-0.1, -0.05) is 59.3 Å². The van der Waals surface area contributed by atoms with E-state index in [1.165, 1.54) is 17.3 Å². The number of aryl methyl sites for hydroxylation is 3. The van der Waals surface area contributed by atoms with Crippen LogP contribution < -0.4 is 10.7 Å². The normalized spacial score (nSPS) is 18.3. The van der Waals surface area contributed by atoms with E-state index in [1.807, 2.05) is 61.8 Å². The number of thioether (sulfide) groups is 1. The molecule has 6 nitrogen and oxygen atoms in total. The van der Waals surface area contributed by atoms with Crippen LogP contribution >= 0.6 is 23.4 Å². The first kappa shape index (κ1) is 18.8. The maximum atomic E-state index is 13.2. The van der Waals surface area contributed by atoms with Crippen molar-refractivity contribution in [1.82, 2.24) is 14.9 Å². The van der Waals surface area contributed by atoms with Crippen molar-refractivity contribution in [2.75, 3.05) is 10.7 Å². The van der Waals surface area contributed by atoms with Gasteiger partial charge in [0, 0.05) is 10.7 Å². The summed E-state index contributed by atoms with van der Waals surface area (Å²) in [7, 11) is 0. The summed E-state index contributed by atoms with van der Waals surface area (Å²) in [4.78, 5) is 13.2. The summed E-state index contributed by atoms with van der Waals surface area (Å²) in [5, 5.41) is 12.2. The van der Waals surface area contributed by atoms with Crippen LogP contribution in [0.25, 0.3) is 0 Å². The zero-order valence-electron chi connectivity index (χ0n) is 15.7. The number of carbonyl (C=O) groups is 1. The highest BCUT2D eigenvalue weighted by Crippen LogP contribution is 2.37. The van der Waals surface area contributed by atoms with Crippen LogP contribution in [0.2, 0.25) is 5.02 Å². The Labute approximate surface area is 172 Å². The highest BCUT2D eigenvalue weighted by molar-refractivity contribution is 8.00. The van der Waals surface area contributed by atoms with E-state index in [0.29, 0.717) is 15.9 Å². The van der Waals surface area contributed by atoms with Crippen molar-refractivity contribution in [3.05, 3.63) is 70.0 Å². The second-order valence-electron chi connectivity index (χ2n) is 6.87.